The lowest BCUT2D eigenvalue weighted by Crippen LogP contribution is -2.39. The SMILES string of the molecule is COc1cccc(C2CC(Nn3c(C)ccc3C)C2)c1. The zero-order chi connectivity index (χ0) is 14.1. The van der Waals surface area contributed by atoms with Crippen LogP contribution in [0.2, 0.25) is 0 Å². The average molecular weight is 270 g/mol. The van der Waals surface area contributed by atoms with E-state index in [0.717, 1.165) is 5.75 Å². The third-order valence-corrected chi connectivity index (χ3v) is 4.29. The Morgan fingerprint density at radius 3 is 2.45 bits per heavy atom. The monoisotopic (exact) mass is 270 g/mol. The summed E-state index contributed by atoms with van der Waals surface area (Å²) in [4.78, 5) is 0. The molecular formula is C17H22N2O. The van der Waals surface area contributed by atoms with Crippen LogP contribution in [0, 0.1) is 13.8 Å². The topological polar surface area (TPSA) is 26.2 Å². The first-order chi connectivity index (χ1) is 9.67. The first-order valence-corrected chi connectivity index (χ1v) is 7.23. The van der Waals surface area contributed by atoms with Crippen LogP contribution in [0.3, 0.4) is 0 Å². The molecular weight excluding hydrogens is 248 g/mol. The maximum Gasteiger partial charge on any atom is 0.119 e. The van der Waals surface area contributed by atoms with Crippen molar-refractivity contribution in [2.75, 3.05) is 12.5 Å². The second kappa shape index (κ2) is 5.23. The highest BCUT2D eigenvalue weighted by Gasteiger charge is 2.30. The maximum absolute atomic E-state index is 5.30. The highest BCUT2D eigenvalue weighted by molar-refractivity contribution is 5.33. The average Bonchev–Trinajstić information content (AvgIpc) is 2.73. The summed E-state index contributed by atoms with van der Waals surface area (Å²) >= 11 is 0. The Hall–Kier alpha value is -1.90. The predicted molar refractivity (Wildman–Crippen MR) is 82.0 cm³/mol. The molecule has 1 aliphatic rings. The van der Waals surface area contributed by atoms with E-state index in [9.17, 15) is 0 Å². The van der Waals surface area contributed by atoms with Crippen LogP contribution < -0.4 is 10.2 Å². The summed E-state index contributed by atoms with van der Waals surface area (Å²) in [5, 5.41) is 0. The molecule has 0 spiro atoms. The Balaban J connectivity index is 1.61. The van der Waals surface area contributed by atoms with Crippen molar-refractivity contribution in [1.82, 2.24) is 4.68 Å². The Morgan fingerprint density at radius 2 is 1.80 bits per heavy atom. The van der Waals surface area contributed by atoms with Crippen molar-refractivity contribution in [3.8, 4) is 5.75 Å². The Morgan fingerprint density at radius 1 is 1.10 bits per heavy atom. The third kappa shape index (κ3) is 2.40. The van der Waals surface area contributed by atoms with Crippen molar-refractivity contribution in [2.24, 2.45) is 0 Å². The van der Waals surface area contributed by atoms with Gasteiger partial charge in [-0.05, 0) is 62.4 Å². The largest absolute Gasteiger partial charge is 0.497 e. The molecule has 1 saturated carbocycles. The predicted octanol–water partition coefficient (Wildman–Crippen LogP) is 3.60. The number of ether oxygens (including phenoxy) is 1. The minimum Gasteiger partial charge on any atom is -0.497 e. The molecule has 1 fully saturated rings. The van der Waals surface area contributed by atoms with E-state index in [4.69, 9.17) is 4.74 Å². The van der Waals surface area contributed by atoms with Gasteiger partial charge in [0.1, 0.15) is 5.75 Å². The van der Waals surface area contributed by atoms with Gasteiger partial charge in [-0.3, -0.25) is 4.68 Å². The van der Waals surface area contributed by atoms with Gasteiger partial charge in [0.2, 0.25) is 0 Å². The van der Waals surface area contributed by atoms with Crippen LogP contribution in [-0.2, 0) is 0 Å². The highest BCUT2D eigenvalue weighted by Crippen LogP contribution is 2.38. The zero-order valence-corrected chi connectivity index (χ0v) is 12.4. The van der Waals surface area contributed by atoms with Crippen LogP contribution in [0.25, 0.3) is 0 Å². The molecule has 0 atom stereocenters. The smallest absolute Gasteiger partial charge is 0.119 e. The summed E-state index contributed by atoms with van der Waals surface area (Å²) in [5.41, 5.74) is 7.54. The zero-order valence-electron chi connectivity index (χ0n) is 12.4. The van der Waals surface area contributed by atoms with Gasteiger partial charge in [0, 0.05) is 17.4 Å². The minimum absolute atomic E-state index is 0.566. The Bertz CT molecular complexity index is 577. The van der Waals surface area contributed by atoms with Crippen molar-refractivity contribution in [3.05, 3.63) is 53.3 Å². The summed E-state index contributed by atoms with van der Waals surface area (Å²) in [7, 11) is 1.72. The van der Waals surface area contributed by atoms with Gasteiger partial charge in [0.25, 0.3) is 0 Å². The van der Waals surface area contributed by atoms with Crippen LogP contribution >= 0.6 is 0 Å². The van der Waals surface area contributed by atoms with Crippen LogP contribution in [0.5, 0.6) is 5.75 Å². The van der Waals surface area contributed by atoms with Gasteiger partial charge in [-0.1, -0.05) is 12.1 Å². The lowest BCUT2D eigenvalue weighted by Gasteiger charge is -2.37. The highest BCUT2D eigenvalue weighted by atomic mass is 16.5. The Labute approximate surface area is 120 Å². The molecule has 2 aromatic rings. The first kappa shape index (κ1) is 13.1. The fourth-order valence-electron chi connectivity index (χ4n) is 2.95. The summed E-state index contributed by atoms with van der Waals surface area (Å²) < 4.78 is 7.50. The fraction of sp³-hybridized carbons (Fsp3) is 0.412. The molecule has 20 heavy (non-hydrogen) atoms. The molecule has 0 unspecified atom stereocenters. The third-order valence-electron chi connectivity index (χ3n) is 4.29. The summed E-state index contributed by atoms with van der Waals surface area (Å²) in [6, 6.07) is 13.3. The number of aryl methyl sites for hydroxylation is 2. The van der Waals surface area contributed by atoms with Crippen LogP contribution in [0.1, 0.15) is 35.7 Å². The quantitative estimate of drug-likeness (QED) is 0.918. The van der Waals surface area contributed by atoms with E-state index < -0.39 is 0 Å². The van der Waals surface area contributed by atoms with E-state index in [0.29, 0.717) is 12.0 Å². The molecule has 1 aromatic carbocycles. The van der Waals surface area contributed by atoms with Gasteiger partial charge in [-0.2, -0.15) is 0 Å². The second-order valence-electron chi connectivity index (χ2n) is 5.72. The number of nitrogens with zero attached hydrogens (tertiary/aromatic N) is 1. The number of nitrogens with one attached hydrogen (secondary N) is 1. The Kier molecular flexibility index (Phi) is 3.43. The van der Waals surface area contributed by atoms with Crippen molar-refractivity contribution in [3.63, 3.8) is 0 Å². The normalized spacial score (nSPS) is 21.4. The van der Waals surface area contributed by atoms with E-state index in [2.05, 4.69) is 54.3 Å². The van der Waals surface area contributed by atoms with E-state index in [1.807, 2.05) is 6.07 Å². The van der Waals surface area contributed by atoms with Crippen molar-refractivity contribution >= 4 is 0 Å². The van der Waals surface area contributed by atoms with Gasteiger partial charge >= 0.3 is 0 Å². The van der Waals surface area contributed by atoms with Crippen molar-refractivity contribution in [1.29, 1.82) is 0 Å². The van der Waals surface area contributed by atoms with Crippen molar-refractivity contribution < 1.29 is 4.74 Å². The van der Waals surface area contributed by atoms with Crippen molar-refractivity contribution in [2.45, 2.75) is 38.6 Å². The van der Waals surface area contributed by atoms with Crippen LogP contribution in [0.4, 0.5) is 0 Å². The van der Waals surface area contributed by atoms with Crippen LogP contribution in [-0.4, -0.2) is 17.8 Å². The minimum atomic E-state index is 0.566. The number of benzene rings is 1. The van der Waals surface area contributed by atoms with Crippen LogP contribution in [0.15, 0.2) is 36.4 Å². The first-order valence-electron chi connectivity index (χ1n) is 7.23. The molecule has 3 heteroatoms. The molecule has 0 bridgehead atoms. The fourth-order valence-corrected chi connectivity index (χ4v) is 2.95. The van der Waals surface area contributed by atoms with Gasteiger partial charge in [-0.25, -0.2) is 0 Å². The molecule has 0 radical (unpaired) electrons. The summed E-state index contributed by atoms with van der Waals surface area (Å²) in [6.07, 6.45) is 2.37. The summed E-state index contributed by atoms with van der Waals surface area (Å²) in [6.45, 7) is 4.27. The molecule has 0 aliphatic heterocycles. The summed E-state index contributed by atoms with van der Waals surface area (Å²) in [5.74, 6) is 1.61. The van der Waals surface area contributed by atoms with E-state index in [1.54, 1.807) is 7.11 Å². The van der Waals surface area contributed by atoms with E-state index in [-0.39, 0.29) is 0 Å². The van der Waals surface area contributed by atoms with Gasteiger partial charge in [0.15, 0.2) is 0 Å². The molecule has 1 aliphatic carbocycles. The van der Waals surface area contributed by atoms with E-state index >= 15 is 0 Å². The molecule has 3 rings (SSSR count). The molecule has 106 valence electrons. The molecule has 1 aromatic heterocycles. The molecule has 1 heterocycles. The molecule has 3 nitrogen and oxygen atoms in total. The number of rotatable bonds is 4. The van der Waals surface area contributed by atoms with E-state index in [1.165, 1.54) is 29.8 Å². The lowest BCUT2D eigenvalue weighted by molar-refractivity contribution is 0.348. The maximum atomic E-state index is 5.30. The standard InChI is InChI=1S/C17H22N2O/c1-12-7-8-13(2)19(12)18-16-9-15(10-16)14-5-4-6-17(11-14)20-3/h4-8,11,15-16,18H,9-10H2,1-3H3. The number of hydrogen-bond acceptors (Lipinski definition) is 2. The number of hydrogen-bond donors (Lipinski definition) is 1. The molecule has 0 amide bonds. The number of aromatic nitrogens is 1. The van der Waals surface area contributed by atoms with Gasteiger partial charge in [0.05, 0.1) is 7.11 Å². The molecule has 0 saturated heterocycles. The number of methoxy groups -OCH3 is 1. The second-order valence-corrected chi connectivity index (χ2v) is 5.72. The molecule has 1 N–H and O–H groups in total. The van der Waals surface area contributed by atoms with Gasteiger partial charge in [-0.15, -0.1) is 0 Å². The van der Waals surface area contributed by atoms with Gasteiger partial charge < -0.3 is 10.2 Å². The lowest BCUT2D eigenvalue weighted by atomic mass is 9.76.